The Morgan fingerprint density at radius 2 is 1.90 bits per heavy atom. The summed E-state index contributed by atoms with van der Waals surface area (Å²) in [6, 6.07) is 14.6. The van der Waals surface area contributed by atoms with Crippen LogP contribution in [0.3, 0.4) is 0 Å². The summed E-state index contributed by atoms with van der Waals surface area (Å²) >= 11 is 0. The summed E-state index contributed by atoms with van der Waals surface area (Å²) < 4.78 is 3.95. The lowest BCUT2D eigenvalue weighted by molar-refractivity contribution is 0.0393. The topological polar surface area (TPSA) is 56.0 Å². The molecular formula is C25H25N5O. The van der Waals surface area contributed by atoms with Crippen molar-refractivity contribution in [2.24, 2.45) is 14.1 Å². The first-order valence-electron chi connectivity index (χ1n) is 11.0. The predicted molar refractivity (Wildman–Crippen MR) is 120 cm³/mol. The molecule has 2 bridgehead atoms. The molecule has 0 unspecified atom stereocenters. The number of aromatic nitrogens is 4. The van der Waals surface area contributed by atoms with E-state index in [4.69, 9.17) is 5.10 Å². The van der Waals surface area contributed by atoms with E-state index in [1.54, 1.807) is 6.20 Å². The monoisotopic (exact) mass is 411 g/mol. The third-order valence-corrected chi connectivity index (χ3v) is 6.92. The van der Waals surface area contributed by atoms with E-state index in [0.717, 1.165) is 48.0 Å². The lowest BCUT2D eigenvalue weighted by atomic mass is 9.81. The number of rotatable bonds is 2. The number of carbonyl (C=O) groups is 1. The van der Waals surface area contributed by atoms with E-state index < -0.39 is 0 Å². The molecule has 1 aromatic carbocycles. The van der Waals surface area contributed by atoms with E-state index in [2.05, 4.69) is 34.1 Å². The molecule has 1 fully saturated rings. The smallest absolute Gasteiger partial charge is 0.256 e. The number of aryl methyl sites for hydroxylation is 2. The van der Waals surface area contributed by atoms with Crippen LogP contribution in [0.4, 0.5) is 0 Å². The SMILES string of the molecule is Cn1nc2c(c1-c1ccccc1)C[C@H]1CCC[C@@H]2N1C(=O)c1cn(C)c2ncccc12. The van der Waals surface area contributed by atoms with Crippen molar-refractivity contribution in [3.05, 3.63) is 71.7 Å². The first kappa shape index (κ1) is 18.4. The molecule has 31 heavy (non-hydrogen) atoms. The number of hydrogen-bond acceptors (Lipinski definition) is 3. The number of hydrogen-bond donors (Lipinski definition) is 0. The number of piperidine rings is 1. The standard InChI is InChI=1S/C25H25N5O/c1-28-15-20(18-11-7-13-26-24(18)28)25(31)30-17-10-6-12-21(30)22-19(14-17)23(29(2)27-22)16-8-4-3-5-9-16/h3-5,7-9,11,13,15,17,21H,6,10,12,14H2,1-2H3/t17-,21+/m1/s1. The minimum absolute atomic E-state index is 0.0330. The molecule has 6 nitrogen and oxygen atoms in total. The molecule has 156 valence electrons. The summed E-state index contributed by atoms with van der Waals surface area (Å²) in [5.74, 6) is 0.103. The molecule has 3 aromatic heterocycles. The maximum absolute atomic E-state index is 13.9. The molecule has 6 rings (SSSR count). The number of carbonyl (C=O) groups excluding carboxylic acids is 1. The molecule has 1 amide bonds. The summed E-state index contributed by atoms with van der Waals surface area (Å²) in [5, 5.41) is 5.87. The van der Waals surface area contributed by atoms with Gasteiger partial charge in [-0.25, -0.2) is 4.98 Å². The lowest BCUT2D eigenvalue weighted by Gasteiger charge is -2.45. The van der Waals surface area contributed by atoms with Gasteiger partial charge >= 0.3 is 0 Å². The highest BCUT2D eigenvalue weighted by Gasteiger charge is 2.44. The van der Waals surface area contributed by atoms with Crippen LogP contribution >= 0.6 is 0 Å². The number of fused-ring (bicyclic) bond motifs is 5. The molecule has 2 atom stereocenters. The Labute approximate surface area is 181 Å². The first-order chi connectivity index (χ1) is 15.1. The number of nitrogens with zero attached hydrogens (tertiary/aromatic N) is 5. The van der Waals surface area contributed by atoms with Crippen molar-refractivity contribution in [3.8, 4) is 11.3 Å². The number of benzene rings is 1. The van der Waals surface area contributed by atoms with Crippen molar-refractivity contribution in [3.63, 3.8) is 0 Å². The van der Waals surface area contributed by atoms with Crippen LogP contribution in [-0.2, 0) is 20.5 Å². The van der Waals surface area contributed by atoms with Crippen LogP contribution in [0.1, 0.15) is 46.9 Å². The van der Waals surface area contributed by atoms with E-state index in [0.29, 0.717) is 0 Å². The Morgan fingerprint density at radius 1 is 1.06 bits per heavy atom. The van der Waals surface area contributed by atoms with Gasteiger partial charge in [0.1, 0.15) is 5.65 Å². The normalized spacial score (nSPS) is 20.1. The second-order valence-corrected chi connectivity index (χ2v) is 8.75. The van der Waals surface area contributed by atoms with Crippen LogP contribution in [0.15, 0.2) is 54.9 Å². The van der Waals surface area contributed by atoms with E-state index in [-0.39, 0.29) is 18.0 Å². The van der Waals surface area contributed by atoms with Gasteiger partial charge in [-0.05, 0) is 37.8 Å². The minimum Gasteiger partial charge on any atom is -0.335 e. The zero-order chi connectivity index (χ0) is 21.1. The fourth-order valence-electron chi connectivity index (χ4n) is 5.63. The molecule has 6 heteroatoms. The number of amides is 1. The lowest BCUT2D eigenvalue weighted by Crippen LogP contribution is -2.49. The predicted octanol–water partition coefficient (Wildman–Crippen LogP) is 4.27. The highest BCUT2D eigenvalue weighted by atomic mass is 16.2. The molecule has 0 radical (unpaired) electrons. The zero-order valence-electron chi connectivity index (χ0n) is 17.8. The Bertz CT molecular complexity index is 1300. The molecular weight excluding hydrogens is 386 g/mol. The van der Waals surface area contributed by atoms with Crippen LogP contribution in [0.25, 0.3) is 22.3 Å². The van der Waals surface area contributed by atoms with Gasteiger partial charge in [-0.2, -0.15) is 5.10 Å². The average molecular weight is 412 g/mol. The van der Waals surface area contributed by atoms with Crippen LogP contribution in [0.2, 0.25) is 0 Å². The molecule has 0 aliphatic carbocycles. The van der Waals surface area contributed by atoms with E-state index in [1.165, 1.54) is 16.8 Å². The molecule has 2 aliphatic heterocycles. The van der Waals surface area contributed by atoms with Crippen molar-refractivity contribution in [1.82, 2.24) is 24.2 Å². The van der Waals surface area contributed by atoms with E-state index in [1.807, 2.05) is 47.7 Å². The maximum Gasteiger partial charge on any atom is 0.256 e. The van der Waals surface area contributed by atoms with Gasteiger partial charge in [0.2, 0.25) is 0 Å². The van der Waals surface area contributed by atoms with Crippen molar-refractivity contribution < 1.29 is 4.79 Å². The fraction of sp³-hybridized carbons (Fsp3) is 0.320. The summed E-state index contributed by atoms with van der Waals surface area (Å²) in [4.78, 5) is 20.4. The van der Waals surface area contributed by atoms with Crippen molar-refractivity contribution in [2.75, 3.05) is 0 Å². The van der Waals surface area contributed by atoms with Gasteiger partial charge in [0, 0.05) is 49.0 Å². The molecule has 4 aromatic rings. The van der Waals surface area contributed by atoms with Crippen LogP contribution < -0.4 is 0 Å². The van der Waals surface area contributed by atoms with Gasteiger partial charge in [-0.1, -0.05) is 30.3 Å². The van der Waals surface area contributed by atoms with Gasteiger partial charge < -0.3 is 9.47 Å². The largest absolute Gasteiger partial charge is 0.335 e. The third kappa shape index (κ3) is 2.67. The molecule has 2 aliphatic rings. The highest BCUT2D eigenvalue weighted by molar-refractivity contribution is 6.06. The second kappa shape index (κ2) is 6.80. The van der Waals surface area contributed by atoms with Crippen molar-refractivity contribution in [1.29, 1.82) is 0 Å². The Balaban J connectivity index is 1.46. The van der Waals surface area contributed by atoms with E-state index in [9.17, 15) is 4.79 Å². The van der Waals surface area contributed by atoms with Gasteiger partial charge in [0.05, 0.1) is 23.0 Å². The Morgan fingerprint density at radius 3 is 2.74 bits per heavy atom. The third-order valence-electron chi connectivity index (χ3n) is 6.92. The second-order valence-electron chi connectivity index (χ2n) is 8.75. The Kier molecular flexibility index (Phi) is 4.03. The molecule has 0 saturated carbocycles. The van der Waals surface area contributed by atoms with Gasteiger partial charge in [-0.3, -0.25) is 9.48 Å². The van der Waals surface area contributed by atoms with Crippen LogP contribution in [0.5, 0.6) is 0 Å². The molecule has 0 N–H and O–H groups in total. The van der Waals surface area contributed by atoms with Crippen LogP contribution in [-0.4, -0.2) is 36.2 Å². The summed E-state index contributed by atoms with van der Waals surface area (Å²) in [6.45, 7) is 0. The van der Waals surface area contributed by atoms with Gasteiger partial charge in [-0.15, -0.1) is 0 Å². The average Bonchev–Trinajstić information content (AvgIpc) is 3.30. The fourth-order valence-corrected chi connectivity index (χ4v) is 5.63. The summed E-state index contributed by atoms with van der Waals surface area (Å²) in [6.07, 6.45) is 7.69. The zero-order valence-corrected chi connectivity index (χ0v) is 17.8. The van der Waals surface area contributed by atoms with Crippen LogP contribution in [0, 0.1) is 0 Å². The Hall–Kier alpha value is -3.41. The minimum atomic E-state index is 0.0330. The summed E-state index contributed by atoms with van der Waals surface area (Å²) in [5.41, 5.74) is 6.35. The first-order valence-corrected chi connectivity index (χ1v) is 11.0. The molecule has 5 heterocycles. The van der Waals surface area contributed by atoms with E-state index >= 15 is 0 Å². The summed E-state index contributed by atoms with van der Waals surface area (Å²) in [7, 11) is 3.97. The van der Waals surface area contributed by atoms with Gasteiger partial charge in [0.15, 0.2) is 0 Å². The van der Waals surface area contributed by atoms with Gasteiger partial charge in [0.25, 0.3) is 5.91 Å². The quantitative estimate of drug-likeness (QED) is 0.495. The number of pyridine rings is 1. The maximum atomic E-state index is 13.9. The highest BCUT2D eigenvalue weighted by Crippen LogP contribution is 2.45. The van der Waals surface area contributed by atoms with Crippen molar-refractivity contribution >= 4 is 16.9 Å². The molecule has 1 saturated heterocycles. The molecule has 0 spiro atoms. The van der Waals surface area contributed by atoms with Crippen molar-refractivity contribution in [2.45, 2.75) is 37.8 Å².